The number of anilines is 2. The molecule has 11 heteroatoms. The third kappa shape index (κ3) is 5.24. The molecule has 3 aromatic rings. The first-order valence-electron chi connectivity index (χ1n) is 10.2. The smallest absolute Gasteiger partial charge is 0.329 e. The molecule has 0 aliphatic carbocycles. The SMILES string of the molecule is CC(C)OC[C@@H](O)Cn1c(N/N=C/c2ccc(N(C)C)cc2)nc2c1c(=O)[nH]c(=O)n2C. The summed E-state index contributed by atoms with van der Waals surface area (Å²) >= 11 is 0. The number of aliphatic hydroxyl groups is 1. The lowest BCUT2D eigenvalue weighted by Gasteiger charge is -2.15. The summed E-state index contributed by atoms with van der Waals surface area (Å²) < 4.78 is 8.19. The van der Waals surface area contributed by atoms with Gasteiger partial charge in [-0.2, -0.15) is 10.1 Å². The zero-order chi connectivity index (χ0) is 23.4. The van der Waals surface area contributed by atoms with Crippen LogP contribution in [-0.4, -0.2) is 63.3 Å². The third-order valence-electron chi connectivity index (χ3n) is 4.81. The number of nitrogens with one attached hydrogen (secondary N) is 2. The number of hydrogen-bond donors (Lipinski definition) is 3. The second kappa shape index (κ2) is 9.79. The molecule has 1 atom stereocenters. The summed E-state index contributed by atoms with van der Waals surface area (Å²) in [5.74, 6) is 0.219. The average molecular weight is 444 g/mol. The minimum Gasteiger partial charge on any atom is -0.389 e. The molecule has 0 aliphatic heterocycles. The standard InChI is InChI=1S/C21H29N7O4/c1-13(2)32-12-16(29)11-28-17-18(27(5)21(31)24-19(17)30)23-20(28)25-22-10-14-6-8-15(9-7-14)26(3)4/h6-10,13,16,29H,11-12H2,1-5H3,(H,23,25)(H,24,30,31)/b22-10+/t16-/m0/s1. The molecule has 11 nitrogen and oxygen atoms in total. The predicted octanol–water partition coefficient (Wildman–Crippen LogP) is 0.721. The topological polar surface area (TPSA) is 130 Å². The van der Waals surface area contributed by atoms with Crippen LogP contribution in [0.3, 0.4) is 0 Å². The Hall–Kier alpha value is -3.44. The number of benzene rings is 1. The van der Waals surface area contributed by atoms with E-state index in [1.54, 1.807) is 6.21 Å². The van der Waals surface area contributed by atoms with Crippen molar-refractivity contribution in [1.82, 2.24) is 19.1 Å². The summed E-state index contributed by atoms with van der Waals surface area (Å²) in [5.41, 5.74) is 3.92. The predicted molar refractivity (Wildman–Crippen MR) is 125 cm³/mol. The highest BCUT2D eigenvalue weighted by molar-refractivity contribution is 5.81. The molecule has 0 saturated carbocycles. The van der Waals surface area contributed by atoms with E-state index in [0.29, 0.717) is 0 Å². The Bertz CT molecular complexity index is 1210. The molecule has 172 valence electrons. The van der Waals surface area contributed by atoms with Gasteiger partial charge in [-0.15, -0.1) is 0 Å². The van der Waals surface area contributed by atoms with Gasteiger partial charge in [0.05, 0.1) is 31.6 Å². The fourth-order valence-corrected chi connectivity index (χ4v) is 3.09. The summed E-state index contributed by atoms with van der Waals surface area (Å²) in [4.78, 5) is 33.1. The van der Waals surface area contributed by atoms with Crippen molar-refractivity contribution in [2.75, 3.05) is 31.0 Å². The van der Waals surface area contributed by atoms with E-state index in [1.165, 1.54) is 16.2 Å². The molecule has 0 unspecified atom stereocenters. The number of aromatic nitrogens is 4. The monoisotopic (exact) mass is 443 g/mol. The molecule has 0 saturated heterocycles. The molecule has 32 heavy (non-hydrogen) atoms. The van der Waals surface area contributed by atoms with Crippen LogP contribution >= 0.6 is 0 Å². The van der Waals surface area contributed by atoms with Gasteiger partial charge in [0.15, 0.2) is 11.2 Å². The van der Waals surface area contributed by atoms with Crippen LogP contribution < -0.4 is 21.6 Å². The Morgan fingerprint density at radius 3 is 2.59 bits per heavy atom. The zero-order valence-electron chi connectivity index (χ0n) is 18.9. The second-order valence-corrected chi connectivity index (χ2v) is 7.93. The van der Waals surface area contributed by atoms with Crippen molar-refractivity contribution < 1.29 is 9.84 Å². The maximum Gasteiger partial charge on any atom is 0.329 e. The van der Waals surface area contributed by atoms with Crippen LogP contribution in [-0.2, 0) is 18.3 Å². The molecule has 0 amide bonds. The summed E-state index contributed by atoms with van der Waals surface area (Å²) in [6.07, 6.45) is 0.675. The molecular formula is C21H29N7O4. The lowest BCUT2D eigenvalue weighted by atomic mass is 10.2. The van der Waals surface area contributed by atoms with Gasteiger partial charge >= 0.3 is 5.69 Å². The Labute approximate surface area is 185 Å². The zero-order valence-corrected chi connectivity index (χ0v) is 18.9. The van der Waals surface area contributed by atoms with Gasteiger partial charge in [0.2, 0.25) is 5.95 Å². The average Bonchev–Trinajstić information content (AvgIpc) is 3.09. The third-order valence-corrected chi connectivity index (χ3v) is 4.81. The molecule has 0 fully saturated rings. The quantitative estimate of drug-likeness (QED) is 0.328. The van der Waals surface area contributed by atoms with Crippen LogP contribution in [0.25, 0.3) is 11.2 Å². The minimum atomic E-state index is -0.894. The normalized spacial score (nSPS) is 12.7. The maximum absolute atomic E-state index is 12.5. The van der Waals surface area contributed by atoms with Gasteiger partial charge in [-0.05, 0) is 31.5 Å². The van der Waals surface area contributed by atoms with Gasteiger partial charge in [0.25, 0.3) is 5.56 Å². The molecule has 2 heterocycles. The number of H-pyrrole nitrogens is 1. The van der Waals surface area contributed by atoms with E-state index < -0.39 is 17.4 Å². The summed E-state index contributed by atoms with van der Waals surface area (Å²) in [5, 5.41) is 14.6. The number of aromatic amines is 1. The van der Waals surface area contributed by atoms with Gasteiger partial charge in [-0.3, -0.25) is 14.3 Å². The number of ether oxygens (including phenoxy) is 1. The first-order chi connectivity index (χ1) is 15.2. The Morgan fingerprint density at radius 2 is 1.97 bits per heavy atom. The maximum atomic E-state index is 12.5. The van der Waals surface area contributed by atoms with E-state index >= 15 is 0 Å². The minimum absolute atomic E-state index is 0.0277. The largest absolute Gasteiger partial charge is 0.389 e. The molecule has 0 spiro atoms. The Kier molecular flexibility index (Phi) is 7.11. The highest BCUT2D eigenvalue weighted by Crippen LogP contribution is 2.17. The van der Waals surface area contributed by atoms with Gasteiger partial charge in [-0.1, -0.05) is 12.1 Å². The highest BCUT2D eigenvalue weighted by atomic mass is 16.5. The van der Waals surface area contributed by atoms with Crippen molar-refractivity contribution in [3.8, 4) is 0 Å². The van der Waals surface area contributed by atoms with Crippen molar-refractivity contribution in [3.63, 3.8) is 0 Å². The fourth-order valence-electron chi connectivity index (χ4n) is 3.09. The highest BCUT2D eigenvalue weighted by Gasteiger charge is 2.19. The Balaban J connectivity index is 1.92. The van der Waals surface area contributed by atoms with Gasteiger partial charge < -0.3 is 19.3 Å². The van der Waals surface area contributed by atoms with E-state index in [4.69, 9.17) is 4.74 Å². The van der Waals surface area contributed by atoms with Gasteiger partial charge in [0, 0.05) is 26.8 Å². The molecule has 2 aromatic heterocycles. The number of imidazole rings is 1. The first-order valence-corrected chi connectivity index (χ1v) is 10.2. The van der Waals surface area contributed by atoms with E-state index in [9.17, 15) is 14.7 Å². The lowest BCUT2D eigenvalue weighted by Crippen LogP contribution is -2.30. The fraction of sp³-hybridized carbons (Fsp3) is 0.429. The molecule has 1 aromatic carbocycles. The van der Waals surface area contributed by atoms with Gasteiger partial charge in [0.1, 0.15) is 0 Å². The summed E-state index contributed by atoms with van der Waals surface area (Å²) in [6.45, 7) is 3.85. The first kappa shape index (κ1) is 23.2. The van der Waals surface area contributed by atoms with Crippen molar-refractivity contribution in [3.05, 3.63) is 50.7 Å². The molecule has 3 N–H and O–H groups in total. The Morgan fingerprint density at radius 1 is 1.28 bits per heavy atom. The van der Waals surface area contributed by atoms with Crippen LogP contribution in [0.1, 0.15) is 19.4 Å². The van der Waals surface area contributed by atoms with Crippen LogP contribution in [0.15, 0.2) is 39.0 Å². The number of hydrazone groups is 1. The molecule has 0 radical (unpaired) electrons. The number of aryl methyl sites for hydroxylation is 1. The summed E-state index contributed by atoms with van der Waals surface area (Å²) in [7, 11) is 5.44. The number of aliphatic hydroxyl groups excluding tert-OH is 1. The van der Waals surface area contributed by atoms with E-state index in [1.807, 2.05) is 57.1 Å². The van der Waals surface area contributed by atoms with Crippen LogP contribution in [0.2, 0.25) is 0 Å². The molecule has 3 rings (SSSR count). The lowest BCUT2D eigenvalue weighted by molar-refractivity contribution is -0.000105. The molecule has 0 bridgehead atoms. The van der Waals surface area contributed by atoms with E-state index in [2.05, 4.69) is 20.5 Å². The van der Waals surface area contributed by atoms with Crippen LogP contribution in [0, 0.1) is 0 Å². The van der Waals surface area contributed by atoms with Crippen molar-refractivity contribution >= 4 is 29.0 Å². The van der Waals surface area contributed by atoms with Crippen molar-refractivity contribution in [2.45, 2.75) is 32.6 Å². The number of nitrogens with zero attached hydrogens (tertiary/aromatic N) is 5. The second-order valence-electron chi connectivity index (χ2n) is 7.93. The number of fused-ring (bicyclic) bond motifs is 1. The number of rotatable bonds is 9. The van der Waals surface area contributed by atoms with Crippen molar-refractivity contribution in [2.24, 2.45) is 12.1 Å². The summed E-state index contributed by atoms with van der Waals surface area (Å²) in [6, 6.07) is 7.78. The molecular weight excluding hydrogens is 414 g/mol. The van der Waals surface area contributed by atoms with Gasteiger partial charge in [-0.25, -0.2) is 10.2 Å². The van der Waals surface area contributed by atoms with E-state index in [-0.39, 0.29) is 36.4 Å². The van der Waals surface area contributed by atoms with E-state index in [0.717, 1.165) is 11.3 Å². The number of hydrogen-bond acceptors (Lipinski definition) is 8. The van der Waals surface area contributed by atoms with Crippen molar-refractivity contribution in [1.29, 1.82) is 0 Å². The van der Waals surface area contributed by atoms with Crippen LogP contribution in [0.5, 0.6) is 0 Å². The van der Waals surface area contributed by atoms with Crippen LogP contribution in [0.4, 0.5) is 11.6 Å². The molecule has 0 aliphatic rings.